The van der Waals surface area contributed by atoms with Crippen LogP contribution in [0.1, 0.15) is 30.5 Å². The fourth-order valence-electron chi connectivity index (χ4n) is 6.80. The van der Waals surface area contributed by atoms with Crippen molar-refractivity contribution >= 4 is 10.8 Å². The second-order valence-electron chi connectivity index (χ2n) is 12.3. The molecule has 0 bridgehead atoms. The van der Waals surface area contributed by atoms with Crippen LogP contribution in [-0.4, -0.2) is 20.1 Å². The third kappa shape index (κ3) is 4.41. The van der Waals surface area contributed by atoms with Gasteiger partial charge in [-0.25, -0.2) is 15.0 Å². The molecule has 0 saturated carbocycles. The van der Waals surface area contributed by atoms with Crippen molar-refractivity contribution in [3.63, 3.8) is 0 Å². The molecule has 216 valence electrons. The number of hydrogen-bond acceptors (Lipinski definition) is 4. The van der Waals surface area contributed by atoms with E-state index in [1.165, 1.54) is 22.3 Å². The zero-order valence-corrected chi connectivity index (χ0v) is 25.4. The standard InChI is InChI=1S/C41H31N3O/c1-25-22-36-33(30-17-9-10-19-35(30)41(36,2)3)24-32(25)34-23-28(20-21-37(34)45)39-42-38(27-13-5-4-6-14-27)43-40(44-39)31-18-11-15-26-12-7-8-16-29(26)31/h4-24,45H,1-3H3. The van der Waals surface area contributed by atoms with Crippen LogP contribution >= 0.6 is 0 Å². The maximum atomic E-state index is 11.2. The molecule has 0 radical (unpaired) electrons. The molecule has 1 N–H and O–H groups in total. The lowest BCUT2D eigenvalue weighted by Crippen LogP contribution is -2.15. The van der Waals surface area contributed by atoms with Gasteiger partial charge < -0.3 is 5.11 Å². The van der Waals surface area contributed by atoms with Crippen molar-refractivity contribution in [2.45, 2.75) is 26.2 Å². The second kappa shape index (κ2) is 10.2. The smallest absolute Gasteiger partial charge is 0.164 e. The van der Waals surface area contributed by atoms with E-state index in [1.54, 1.807) is 6.07 Å². The van der Waals surface area contributed by atoms with Crippen molar-refractivity contribution in [2.75, 3.05) is 0 Å². The third-order valence-electron chi connectivity index (χ3n) is 9.17. The molecule has 1 heterocycles. The lowest BCUT2D eigenvalue weighted by molar-refractivity contribution is 0.477. The molecule has 0 spiro atoms. The summed E-state index contributed by atoms with van der Waals surface area (Å²) in [5, 5.41) is 13.4. The summed E-state index contributed by atoms with van der Waals surface area (Å²) in [6.45, 7) is 6.69. The van der Waals surface area contributed by atoms with E-state index in [9.17, 15) is 5.11 Å². The summed E-state index contributed by atoms with van der Waals surface area (Å²) in [4.78, 5) is 15.0. The van der Waals surface area contributed by atoms with Crippen molar-refractivity contribution < 1.29 is 5.11 Å². The van der Waals surface area contributed by atoms with Gasteiger partial charge in [-0.05, 0) is 75.3 Å². The Morgan fingerprint density at radius 2 is 1.16 bits per heavy atom. The number of fused-ring (bicyclic) bond motifs is 4. The largest absolute Gasteiger partial charge is 0.507 e. The molecule has 1 aliphatic rings. The molecule has 1 aliphatic carbocycles. The predicted octanol–water partition coefficient (Wildman–Crippen LogP) is 10.0. The molecule has 0 unspecified atom stereocenters. The number of nitrogens with zero attached hydrogens (tertiary/aromatic N) is 3. The highest BCUT2D eigenvalue weighted by Crippen LogP contribution is 2.51. The van der Waals surface area contributed by atoms with Gasteiger partial charge in [-0.15, -0.1) is 0 Å². The van der Waals surface area contributed by atoms with Crippen LogP contribution in [0.25, 0.3) is 67.2 Å². The highest BCUT2D eigenvalue weighted by atomic mass is 16.3. The molecular weight excluding hydrogens is 550 g/mol. The molecule has 1 aromatic heterocycles. The van der Waals surface area contributed by atoms with Crippen molar-refractivity contribution in [1.82, 2.24) is 15.0 Å². The first-order valence-electron chi connectivity index (χ1n) is 15.3. The number of hydrogen-bond donors (Lipinski definition) is 1. The Kier molecular flexibility index (Phi) is 6.14. The van der Waals surface area contributed by atoms with E-state index in [4.69, 9.17) is 15.0 Å². The van der Waals surface area contributed by atoms with Gasteiger partial charge in [0.1, 0.15) is 5.75 Å². The van der Waals surface area contributed by atoms with Crippen molar-refractivity contribution in [3.8, 4) is 62.2 Å². The molecule has 6 aromatic carbocycles. The van der Waals surface area contributed by atoms with E-state index in [0.29, 0.717) is 17.5 Å². The number of benzene rings is 6. The van der Waals surface area contributed by atoms with Crippen LogP contribution < -0.4 is 0 Å². The average Bonchev–Trinajstić information content (AvgIpc) is 3.30. The van der Waals surface area contributed by atoms with Crippen LogP contribution in [0.4, 0.5) is 0 Å². The summed E-state index contributed by atoms with van der Waals surface area (Å²) < 4.78 is 0. The third-order valence-corrected chi connectivity index (χ3v) is 9.17. The lowest BCUT2D eigenvalue weighted by Gasteiger charge is -2.22. The Bertz CT molecular complexity index is 2270. The second-order valence-corrected chi connectivity index (χ2v) is 12.3. The summed E-state index contributed by atoms with van der Waals surface area (Å²) in [5.74, 6) is 1.99. The summed E-state index contributed by atoms with van der Waals surface area (Å²) in [7, 11) is 0. The number of phenols is 1. The Balaban J connectivity index is 1.32. The van der Waals surface area contributed by atoms with Gasteiger partial charge in [-0.2, -0.15) is 0 Å². The zero-order chi connectivity index (χ0) is 30.7. The van der Waals surface area contributed by atoms with Crippen LogP contribution in [0, 0.1) is 6.92 Å². The van der Waals surface area contributed by atoms with Crippen LogP contribution in [0.2, 0.25) is 0 Å². The van der Waals surface area contributed by atoms with Crippen LogP contribution in [0.3, 0.4) is 0 Å². The van der Waals surface area contributed by atoms with Crippen LogP contribution in [0.5, 0.6) is 5.75 Å². The van der Waals surface area contributed by atoms with Gasteiger partial charge in [0.2, 0.25) is 0 Å². The zero-order valence-electron chi connectivity index (χ0n) is 25.4. The van der Waals surface area contributed by atoms with Gasteiger partial charge in [0.25, 0.3) is 0 Å². The molecule has 0 amide bonds. The quantitative estimate of drug-likeness (QED) is 0.225. The SMILES string of the molecule is Cc1cc2c(cc1-c1cc(-c3nc(-c4ccccc4)nc(-c4cccc5ccccc45)n3)ccc1O)-c1ccccc1C2(C)C. The van der Waals surface area contributed by atoms with Crippen LogP contribution in [0.15, 0.2) is 127 Å². The predicted molar refractivity (Wildman–Crippen MR) is 183 cm³/mol. The minimum absolute atomic E-state index is 0.0875. The molecule has 4 nitrogen and oxygen atoms in total. The molecule has 4 heteroatoms. The van der Waals surface area contributed by atoms with Crippen molar-refractivity contribution in [3.05, 3.63) is 144 Å². The molecular formula is C41H31N3O. The molecule has 0 aliphatic heterocycles. The number of phenolic OH excluding ortho intramolecular Hbond substituents is 1. The molecule has 0 fully saturated rings. The Morgan fingerprint density at radius 1 is 0.489 bits per heavy atom. The van der Waals surface area contributed by atoms with Crippen molar-refractivity contribution in [2.24, 2.45) is 0 Å². The molecule has 45 heavy (non-hydrogen) atoms. The Morgan fingerprint density at radius 3 is 2.00 bits per heavy atom. The first-order valence-corrected chi connectivity index (χ1v) is 15.3. The van der Waals surface area contributed by atoms with E-state index >= 15 is 0 Å². The van der Waals surface area contributed by atoms with E-state index in [-0.39, 0.29) is 11.2 Å². The molecule has 7 aromatic rings. The molecule has 0 saturated heterocycles. The number of aryl methyl sites for hydroxylation is 1. The lowest BCUT2D eigenvalue weighted by atomic mass is 9.81. The summed E-state index contributed by atoms with van der Waals surface area (Å²) in [6, 6.07) is 43.3. The summed E-state index contributed by atoms with van der Waals surface area (Å²) in [6.07, 6.45) is 0. The van der Waals surface area contributed by atoms with Gasteiger partial charge in [0, 0.05) is 27.7 Å². The fraction of sp³-hybridized carbons (Fsp3) is 0.0976. The van der Waals surface area contributed by atoms with Gasteiger partial charge >= 0.3 is 0 Å². The maximum absolute atomic E-state index is 11.2. The topological polar surface area (TPSA) is 58.9 Å². The molecule has 8 rings (SSSR count). The maximum Gasteiger partial charge on any atom is 0.164 e. The number of aromatic nitrogens is 3. The van der Waals surface area contributed by atoms with Crippen molar-refractivity contribution in [1.29, 1.82) is 0 Å². The Hall–Kier alpha value is -5.61. The summed E-state index contributed by atoms with van der Waals surface area (Å²) >= 11 is 0. The summed E-state index contributed by atoms with van der Waals surface area (Å²) in [5.41, 5.74) is 10.5. The van der Waals surface area contributed by atoms with Gasteiger partial charge in [-0.3, -0.25) is 0 Å². The van der Waals surface area contributed by atoms with Crippen LogP contribution in [-0.2, 0) is 5.41 Å². The monoisotopic (exact) mass is 581 g/mol. The number of aromatic hydroxyl groups is 1. The highest BCUT2D eigenvalue weighted by molar-refractivity contribution is 5.95. The van der Waals surface area contributed by atoms with E-state index in [1.807, 2.05) is 60.7 Å². The first-order chi connectivity index (χ1) is 21.9. The van der Waals surface area contributed by atoms with E-state index < -0.39 is 0 Å². The minimum Gasteiger partial charge on any atom is -0.507 e. The Labute approximate surface area is 262 Å². The average molecular weight is 582 g/mol. The normalized spacial score (nSPS) is 13.0. The van der Waals surface area contributed by atoms with E-state index in [2.05, 4.69) is 81.4 Å². The highest BCUT2D eigenvalue weighted by Gasteiger charge is 2.35. The van der Waals surface area contributed by atoms with E-state index in [0.717, 1.165) is 44.2 Å². The van der Waals surface area contributed by atoms with Gasteiger partial charge in [-0.1, -0.05) is 117 Å². The molecule has 0 atom stereocenters. The number of rotatable bonds is 4. The minimum atomic E-state index is -0.0875. The van der Waals surface area contributed by atoms with Gasteiger partial charge in [0.05, 0.1) is 0 Å². The first kappa shape index (κ1) is 27.0. The van der Waals surface area contributed by atoms with Gasteiger partial charge in [0.15, 0.2) is 17.5 Å². The fourth-order valence-corrected chi connectivity index (χ4v) is 6.80.